The summed E-state index contributed by atoms with van der Waals surface area (Å²) in [5, 5.41) is 21.5. The standard InChI is InChI=1S/BH3O3.Ca.ClH.Na.H2O4S.H2O.3H/c2-1(3)4;;;;1-5(2,3)4;;;;/h2-4H;;1H;;(H2,1,2,3,4);1H2;;;/q;+2;;+1;;;3*-1. The van der Waals surface area contributed by atoms with E-state index in [4.69, 9.17) is 32.6 Å². The van der Waals surface area contributed by atoms with Crippen LogP contribution in [0.5, 0.6) is 0 Å². The van der Waals surface area contributed by atoms with Gasteiger partial charge in [-0.2, -0.15) is 8.42 Å². The summed E-state index contributed by atoms with van der Waals surface area (Å²) in [4.78, 5) is 0. The van der Waals surface area contributed by atoms with Gasteiger partial charge in [0.05, 0.1) is 0 Å². The number of hydrogen-bond acceptors (Lipinski definition) is 5. The molecule has 0 rings (SSSR count). The summed E-state index contributed by atoms with van der Waals surface area (Å²) in [5.41, 5.74) is 0. The quantitative estimate of drug-likeness (QED) is 0.217. The van der Waals surface area contributed by atoms with Crippen molar-refractivity contribution in [2.24, 2.45) is 0 Å². The second kappa shape index (κ2) is 19.8. The summed E-state index contributed by atoms with van der Waals surface area (Å²) in [7, 11) is -6.83. The minimum atomic E-state index is -4.67. The van der Waals surface area contributed by atoms with Gasteiger partial charge in [-0.15, -0.1) is 12.4 Å². The minimum Gasteiger partial charge on any atom is -1.00 e. The van der Waals surface area contributed by atoms with Crippen LogP contribution in [0.4, 0.5) is 0 Å². The maximum absolute atomic E-state index is 8.74. The van der Waals surface area contributed by atoms with Crippen molar-refractivity contribution in [2.75, 3.05) is 0 Å². The van der Waals surface area contributed by atoms with Crippen LogP contribution < -0.4 is 29.6 Å². The average Bonchev–Trinajstić information content (AvgIpc) is 1.19. The van der Waals surface area contributed by atoms with Crippen molar-refractivity contribution in [3.05, 3.63) is 0 Å². The molecular weight excluding hydrogens is 269 g/mol. The van der Waals surface area contributed by atoms with Gasteiger partial charge in [-0.05, 0) is 0 Å². The molecule has 0 unspecified atom stereocenters. The van der Waals surface area contributed by atoms with Gasteiger partial charge < -0.3 is 24.8 Å². The van der Waals surface area contributed by atoms with E-state index in [-0.39, 0.29) is 89.5 Å². The van der Waals surface area contributed by atoms with E-state index in [0.717, 1.165) is 0 Å². The molecule has 0 aromatic carbocycles. The zero-order valence-electron chi connectivity index (χ0n) is 9.65. The van der Waals surface area contributed by atoms with E-state index < -0.39 is 17.7 Å². The summed E-state index contributed by atoms with van der Waals surface area (Å²) in [6.07, 6.45) is 0. The third-order valence-electron chi connectivity index (χ3n) is 0. The van der Waals surface area contributed by atoms with Crippen molar-refractivity contribution < 1.29 is 71.9 Å². The molecule has 0 atom stereocenters. The zero-order valence-corrected chi connectivity index (χ0v) is 12.5. The fourth-order valence-electron chi connectivity index (χ4n) is 0. The SMILES string of the molecule is Cl.O.O=S(=O)(O)O.OB(O)O.[Ca+2].[H-].[H-].[H-].[Na+]. The van der Waals surface area contributed by atoms with Gasteiger partial charge in [0.25, 0.3) is 0 Å². The van der Waals surface area contributed by atoms with Gasteiger partial charge in [-0.1, -0.05) is 0 Å². The van der Waals surface area contributed by atoms with Crippen LogP contribution >= 0.6 is 12.4 Å². The second-order valence-electron chi connectivity index (χ2n) is 0.794. The molecule has 0 radical (unpaired) electrons. The van der Waals surface area contributed by atoms with E-state index in [1.54, 1.807) is 0 Å². The van der Waals surface area contributed by atoms with Crippen molar-refractivity contribution in [3.63, 3.8) is 0 Å². The van der Waals surface area contributed by atoms with Crippen molar-refractivity contribution >= 4 is 67.9 Å². The molecule has 0 aliphatic carbocycles. The fraction of sp³-hybridized carbons (Fsp3) is 0. The Balaban J connectivity index is -0.00000000614. The first-order valence-corrected chi connectivity index (χ1v) is 2.87. The summed E-state index contributed by atoms with van der Waals surface area (Å²) in [6, 6.07) is 0. The van der Waals surface area contributed by atoms with Crippen LogP contribution in [0.1, 0.15) is 4.28 Å². The Hall–Kier alpha value is 2.32. The predicted molar refractivity (Wildman–Crippen MR) is 46.5 cm³/mol. The van der Waals surface area contributed by atoms with Crippen molar-refractivity contribution in [2.45, 2.75) is 0 Å². The van der Waals surface area contributed by atoms with Gasteiger partial charge in [-0.25, -0.2) is 0 Å². The maximum Gasteiger partial charge on any atom is 2.00 e. The van der Waals surface area contributed by atoms with E-state index in [2.05, 4.69) is 0 Å². The molecule has 0 aliphatic rings. The first kappa shape index (κ1) is 36.2. The Morgan fingerprint density at radius 2 is 1.08 bits per heavy atom. The topological polar surface area (TPSA) is 167 Å². The molecule has 13 heteroatoms. The van der Waals surface area contributed by atoms with Crippen molar-refractivity contribution in [1.82, 2.24) is 0 Å². The van der Waals surface area contributed by atoms with E-state index in [1.165, 1.54) is 0 Å². The van der Waals surface area contributed by atoms with Crippen LogP contribution in [0.15, 0.2) is 0 Å². The van der Waals surface area contributed by atoms with Gasteiger partial charge in [0, 0.05) is 0 Å². The van der Waals surface area contributed by atoms with Crippen LogP contribution in [-0.2, 0) is 10.4 Å². The van der Waals surface area contributed by atoms with E-state index >= 15 is 0 Å². The van der Waals surface area contributed by atoms with Crippen molar-refractivity contribution in [1.29, 1.82) is 0 Å². The van der Waals surface area contributed by atoms with Gasteiger partial charge in [0.2, 0.25) is 0 Å². The van der Waals surface area contributed by atoms with Crippen molar-refractivity contribution in [3.8, 4) is 0 Å². The van der Waals surface area contributed by atoms with E-state index in [1.807, 2.05) is 0 Å². The summed E-state index contributed by atoms with van der Waals surface area (Å²) in [6.45, 7) is 0. The monoisotopic (exact) mass is 280 g/mol. The Labute approximate surface area is 138 Å². The molecule has 78 valence electrons. The Bertz CT molecular complexity index is 147. The van der Waals surface area contributed by atoms with E-state index in [0.29, 0.717) is 0 Å². The largest absolute Gasteiger partial charge is 2.00 e. The maximum atomic E-state index is 8.74. The molecule has 0 fully saturated rings. The van der Waals surface area contributed by atoms with Gasteiger partial charge in [-0.3, -0.25) is 9.11 Å². The molecule has 0 bridgehead atoms. The molecule has 0 aromatic heterocycles. The Morgan fingerprint density at radius 3 is 1.08 bits per heavy atom. The molecule has 0 saturated heterocycles. The molecular formula is H11BCaClNaO8S. The Morgan fingerprint density at radius 1 is 1.08 bits per heavy atom. The molecule has 0 spiro atoms. The molecule has 0 heterocycles. The first-order chi connectivity index (χ1) is 3.73. The summed E-state index contributed by atoms with van der Waals surface area (Å²) >= 11 is 0. The summed E-state index contributed by atoms with van der Waals surface area (Å²) in [5.74, 6) is 0. The molecule has 7 N–H and O–H groups in total. The second-order valence-corrected chi connectivity index (χ2v) is 1.69. The zero-order chi connectivity index (χ0) is 8.08. The van der Waals surface area contributed by atoms with Gasteiger partial charge >= 0.3 is 85.0 Å². The third kappa shape index (κ3) is 403. The van der Waals surface area contributed by atoms with Gasteiger partial charge in [0.15, 0.2) is 0 Å². The smallest absolute Gasteiger partial charge is 1.00 e. The van der Waals surface area contributed by atoms with Gasteiger partial charge in [0.1, 0.15) is 0 Å². The normalized spacial score (nSPS) is 6.54. The average molecular weight is 280 g/mol. The third-order valence-corrected chi connectivity index (χ3v) is 0. The molecule has 0 aliphatic heterocycles. The van der Waals surface area contributed by atoms with Crippen LogP contribution in [0.2, 0.25) is 0 Å². The molecule has 0 saturated carbocycles. The minimum absolute atomic E-state index is 0. The summed E-state index contributed by atoms with van der Waals surface area (Å²) < 4.78 is 31.6. The molecule has 0 aromatic rings. The number of rotatable bonds is 0. The van der Waals surface area contributed by atoms with Crippen LogP contribution in [0.3, 0.4) is 0 Å². The van der Waals surface area contributed by atoms with Crippen LogP contribution in [-0.4, -0.2) is 83.1 Å². The molecule has 13 heavy (non-hydrogen) atoms. The van der Waals surface area contributed by atoms with Crippen LogP contribution in [0, 0.1) is 0 Å². The number of halogens is 1. The fourth-order valence-corrected chi connectivity index (χ4v) is 0. The first-order valence-electron chi connectivity index (χ1n) is 1.47. The predicted octanol–water partition coefficient (Wildman–Crippen LogP) is -6.15. The van der Waals surface area contributed by atoms with Crippen LogP contribution in [0.25, 0.3) is 0 Å². The van der Waals surface area contributed by atoms with E-state index in [9.17, 15) is 0 Å². The molecule has 0 amide bonds. The number of hydrogen-bond donors (Lipinski definition) is 5. The Kier molecular flexibility index (Phi) is 55.2. The molecule has 8 nitrogen and oxygen atoms in total.